The minimum absolute atomic E-state index is 0.686. The van der Waals surface area contributed by atoms with Crippen LogP contribution < -0.4 is 0 Å². The van der Waals surface area contributed by atoms with Crippen LogP contribution >= 0.6 is 0 Å². The maximum absolute atomic E-state index is 2.47. The summed E-state index contributed by atoms with van der Waals surface area (Å²) in [5, 5.41) is 0. The summed E-state index contributed by atoms with van der Waals surface area (Å²) in [7, 11) is 0. The average molecular weight is 138 g/mol. The first-order valence-electron chi connectivity index (χ1n) is 4.55. The number of hydrogen-bond acceptors (Lipinski definition) is 0. The van der Waals surface area contributed by atoms with Gasteiger partial charge in [0.2, 0.25) is 0 Å². The van der Waals surface area contributed by atoms with Crippen molar-refractivity contribution in [2.24, 2.45) is 16.7 Å². The van der Waals surface area contributed by atoms with E-state index in [0.717, 1.165) is 11.3 Å². The minimum Gasteiger partial charge on any atom is -0.0596 e. The van der Waals surface area contributed by atoms with Gasteiger partial charge in [0.1, 0.15) is 0 Å². The molecule has 0 aliphatic heterocycles. The van der Waals surface area contributed by atoms with E-state index in [0.29, 0.717) is 5.41 Å². The maximum atomic E-state index is 2.47. The van der Waals surface area contributed by atoms with Crippen molar-refractivity contribution >= 4 is 0 Å². The largest absolute Gasteiger partial charge is 0.0596 e. The van der Waals surface area contributed by atoms with Gasteiger partial charge in [-0.1, -0.05) is 20.8 Å². The highest BCUT2D eigenvalue weighted by Crippen LogP contribution is 2.64. The van der Waals surface area contributed by atoms with Gasteiger partial charge in [-0.05, 0) is 42.4 Å². The lowest BCUT2D eigenvalue weighted by Gasteiger charge is -2.48. The molecular weight excluding hydrogens is 120 g/mol. The Hall–Kier alpha value is 0. The normalized spacial score (nSPS) is 40.5. The lowest BCUT2D eigenvalue weighted by atomic mass is 9.57. The van der Waals surface area contributed by atoms with Gasteiger partial charge in [-0.2, -0.15) is 0 Å². The van der Waals surface area contributed by atoms with E-state index in [2.05, 4.69) is 20.8 Å². The van der Waals surface area contributed by atoms with Crippen LogP contribution in [0.1, 0.15) is 46.5 Å². The minimum atomic E-state index is 0.686. The molecule has 2 saturated carbocycles. The summed E-state index contributed by atoms with van der Waals surface area (Å²) >= 11 is 0. The summed E-state index contributed by atoms with van der Waals surface area (Å²) in [4.78, 5) is 0. The maximum Gasteiger partial charge on any atom is -0.0292 e. The van der Waals surface area contributed by atoms with Gasteiger partial charge in [0.15, 0.2) is 0 Å². The monoisotopic (exact) mass is 138 g/mol. The van der Waals surface area contributed by atoms with Crippen molar-refractivity contribution < 1.29 is 0 Å². The first-order valence-corrected chi connectivity index (χ1v) is 4.55. The standard InChI is InChI=1S/C10H18/c1-9(2)5-4-8(9)10(3)6-7-10/h8H,4-7H2,1-3H3. The van der Waals surface area contributed by atoms with Gasteiger partial charge in [0, 0.05) is 0 Å². The summed E-state index contributed by atoms with van der Waals surface area (Å²) in [6.07, 6.45) is 5.97. The van der Waals surface area contributed by atoms with Gasteiger partial charge in [-0.15, -0.1) is 0 Å². The Balaban J connectivity index is 2.07. The number of rotatable bonds is 1. The zero-order chi connectivity index (χ0) is 7.41. The molecule has 2 rings (SSSR count). The van der Waals surface area contributed by atoms with E-state index < -0.39 is 0 Å². The zero-order valence-corrected chi connectivity index (χ0v) is 7.41. The van der Waals surface area contributed by atoms with Crippen molar-refractivity contribution in [3.8, 4) is 0 Å². The van der Waals surface area contributed by atoms with Gasteiger partial charge in [-0.3, -0.25) is 0 Å². The zero-order valence-electron chi connectivity index (χ0n) is 7.41. The molecule has 0 bridgehead atoms. The fraction of sp³-hybridized carbons (Fsp3) is 1.00. The van der Waals surface area contributed by atoms with E-state index in [1.165, 1.54) is 25.7 Å². The molecule has 0 heterocycles. The molecule has 0 amide bonds. The summed E-state index contributed by atoms with van der Waals surface area (Å²) in [6.45, 7) is 7.34. The van der Waals surface area contributed by atoms with Crippen LogP contribution in [-0.4, -0.2) is 0 Å². The van der Waals surface area contributed by atoms with E-state index in [1.807, 2.05) is 0 Å². The highest BCUT2D eigenvalue weighted by Gasteiger charge is 2.54. The van der Waals surface area contributed by atoms with Crippen molar-refractivity contribution in [1.82, 2.24) is 0 Å². The van der Waals surface area contributed by atoms with Crippen LogP contribution in [0, 0.1) is 16.7 Å². The van der Waals surface area contributed by atoms with Crippen molar-refractivity contribution in [2.45, 2.75) is 46.5 Å². The van der Waals surface area contributed by atoms with Crippen molar-refractivity contribution in [3.05, 3.63) is 0 Å². The second kappa shape index (κ2) is 1.60. The van der Waals surface area contributed by atoms with Crippen LogP contribution in [0.5, 0.6) is 0 Å². The van der Waals surface area contributed by atoms with E-state index in [4.69, 9.17) is 0 Å². The molecule has 1 unspecified atom stereocenters. The van der Waals surface area contributed by atoms with E-state index in [1.54, 1.807) is 0 Å². The SMILES string of the molecule is CC1(C)CCC1C1(C)CC1. The van der Waals surface area contributed by atoms with Crippen LogP contribution in [0.3, 0.4) is 0 Å². The Morgan fingerprint density at radius 2 is 1.60 bits per heavy atom. The van der Waals surface area contributed by atoms with E-state index in [-0.39, 0.29) is 0 Å². The molecule has 0 aromatic carbocycles. The summed E-state index contributed by atoms with van der Waals surface area (Å²) in [6, 6.07) is 0. The van der Waals surface area contributed by atoms with E-state index in [9.17, 15) is 0 Å². The Morgan fingerprint density at radius 1 is 1.00 bits per heavy atom. The second-order valence-corrected chi connectivity index (χ2v) is 5.23. The van der Waals surface area contributed by atoms with Gasteiger partial charge in [0.05, 0.1) is 0 Å². The van der Waals surface area contributed by atoms with Gasteiger partial charge < -0.3 is 0 Å². The van der Waals surface area contributed by atoms with Crippen molar-refractivity contribution in [1.29, 1.82) is 0 Å². The van der Waals surface area contributed by atoms with Gasteiger partial charge >= 0.3 is 0 Å². The lowest BCUT2D eigenvalue weighted by Crippen LogP contribution is -2.39. The predicted octanol–water partition coefficient (Wildman–Crippen LogP) is 3.22. The molecule has 58 valence electrons. The average Bonchev–Trinajstić information content (AvgIpc) is 2.46. The molecule has 0 spiro atoms. The van der Waals surface area contributed by atoms with Crippen molar-refractivity contribution in [2.75, 3.05) is 0 Å². The third-order valence-electron chi connectivity index (χ3n) is 3.90. The highest BCUT2D eigenvalue weighted by molar-refractivity contribution is 5.04. The molecule has 0 saturated heterocycles. The Labute approximate surface area is 64.0 Å². The molecule has 10 heavy (non-hydrogen) atoms. The third-order valence-corrected chi connectivity index (χ3v) is 3.90. The van der Waals surface area contributed by atoms with Crippen LogP contribution in [-0.2, 0) is 0 Å². The molecule has 0 aromatic rings. The molecule has 0 N–H and O–H groups in total. The summed E-state index contributed by atoms with van der Waals surface area (Å²) < 4.78 is 0. The fourth-order valence-electron chi connectivity index (χ4n) is 2.70. The molecule has 0 radical (unpaired) electrons. The third kappa shape index (κ3) is 0.741. The Morgan fingerprint density at radius 3 is 1.70 bits per heavy atom. The molecular formula is C10H18. The number of hydrogen-bond donors (Lipinski definition) is 0. The topological polar surface area (TPSA) is 0 Å². The smallest absolute Gasteiger partial charge is 0.0292 e. The molecule has 2 fully saturated rings. The molecule has 1 atom stereocenters. The quantitative estimate of drug-likeness (QED) is 0.522. The molecule has 0 aromatic heterocycles. The van der Waals surface area contributed by atoms with E-state index >= 15 is 0 Å². The van der Waals surface area contributed by atoms with Crippen LogP contribution in [0.15, 0.2) is 0 Å². The molecule has 2 aliphatic rings. The summed E-state index contributed by atoms with van der Waals surface area (Å²) in [5.41, 5.74) is 1.47. The van der Waals surface area contributed by atoms with Gasteiger partial charge in [-0.25, -0.2) is 0 Å². The second-order valence-electron chi connectivity index (χ2n) is 5.23. The Kier molecular flexibility index (Phi) is 1.07. The highest BCUT2D eigenvalue weighted by atomic mass is 14.6. The summed E-state index contributed by atoms with van der Waals surface area (Å²) in [5.74, 6) is 1.06. The van der Waals surface area contributed by atoms with Crippen LogP contribution in [0.4, 0.5) is 0 Å². The van der Waals surface area contributed by atoms with Gasteiger partial charge in [0.25, 0.3) is 0 Å². The van der Waals surface area contributed by atoms with Crippen molar-refractivity contribution in [3.63, 3.8) is 0 Å². The molecule has 0 nitrogen and oxygen atoms in total. The molecule has 0 heteroatoms. The Bertz CT molecular complexity index is 147. The fourth-order valence-corrected chi connectivity index (χ4v) is 2.70. The first-order chi connectivity index (χ1) is 4.55. The van der Waals surface area contributed by atoms with Crippen LogP contribution in [0.2, 0.25) is 0 Å². The lowest BCUT2D eigenvalue weighted by molar-refractivity contribution is 0.0146. The predicted molar refractivity (Wildman–Crippen MR) is 43.8 cm³/mol. The molecule has 2 aliphatic carbocycles. The first kappa shape index (κ1) is 6.69. The van der Waals surface area contributed by atoms with Crippen LogP contribution in [0.25, 0.3) is 0 Å².